The molecule has 0 amide bonds. The zero-order valence-corrected chi connectivity index (χ0v) is 14.4. The van der Waals surface area contributed by atoms with Gasteiger partial charge in [-0.25, -0.2) is 4.98 Å². The second-order valence-corrected chi connectivity index (χ2v) is 7.36. The van der Waals surface area contributed by atoms with E-state index in [1.165, 1.54) is 45.3 Å². The molecule has 2 aliphatic rings. The number of likely N-dealkylation sites (tertiary alicyclic amines) is 1. The zero-order chi connectivity index (χ0) is 15.5. The van der Waals surface area contributed by atoms with E-state index in [4.69, 9.17) is 4.98 Å². The van der Waals surface area contributed by atoms with Gasteiger partial charge in [-0.1, -0.05) is 6.92 Å². The van der Waals surface area contributed by atoms with Gasteiger partial charge in [0.25, 0.3) is 0 Å². The molecule has 122 valence electrons. The average Bonchev–Trinajstić information content (AvgIpc) is 2.52. The Balaban J connectivity index is 1.60. The van der Waals surface area contributed by atoms with Crippen LogP contribution in [0.4, 0.5) is 5.82 Å². The summed E-state index contributed by atoms with van der Waals surface area (Å²) in [5, 5.41) is 0. The highest BCUT2D eigenvalue weighted by molar-refractivity contribution is 5.43. The lowest BCUT2D eigenvalue weighted by molar-refractivity contribution is 0.159. The van der Waals surface area contributed by atoms with Crippen LogP contribution in [0.15, 0.2) is 6.20 Å². The fourth-order valence-electron chi connectivity index (χ4n) is 3.84. The third-order valence-corrected chi connectivity index (χ3v) is 5.26. The third-order valence-electron chi connectivity index (χ3n) is 5.26. The van der Waals surface area contributed by atoms with E-state index in [1.54, 1.807) is 0 Å². The molecule has 1 atom stereocenters. The number of anilines is 1. The van der Waals surface area contributed by atoms with E-state index in [2.05, 4.69) is 28.6 Å². The second-order valence-electron chi connectivity index (χ2n) is 7.36. The lowest BCUT2D eigenvalue weighted by atomic mass is 9.94. The lowest BCUT2D eigenvalue weighted by Crippen LogP contribution is -2.43. The van der Waals surface area contributed by atoms with Crippen molar-refractivity contribution >= 4 is 5.82 Å². The maximum Gasteiger partial charge on any atom is 0.150 e. The van der Waals surface area contributed by atoms with E-state index >= 15 is 0 Å². The Labute approximate surface area is 134 Å². The van der Waals surface area contributed by atoms with Crippen LogP contribution < -0.4 is 4.90 Å². The van der Waals surface area contributed by atoms with Crippen molar-refractivity contribution in [3.63, 3.8) is 0 Å². The van der Waals surface area contributed by atoms with Gasteiger partial charge in [-0.2, -0.15) is 0 Å². The number of aromatic nitrogens is 2. The second kappa shape index (κ2) is 6.95. The number of nitrogens with zero attached hydrogens (tertiary/aromatic N) is 4. The highest BCUT2D eigenvalue weighted by Crippen LogP contribution is 2.25. The summed E-state index contributed by atoms with van der Waals surface area (Å²) in [7, 11) is 0. The highest BCUT2D eigenvalue weighted by Gasteiger charge is 2.25. The van der Waals surface area contributed by atoms with E-state index in [9.17, 15) is 0 Å². The molecule has 0 N–H and O–H groups in total. The van der Waals surface area contributed by atoms with E-state index < -0.39 is 0 Å². The van der Waals surface area contributed by atoms with Crippen LogP contribution >= 0.6 is 0 Å². The third kappa shape index (κ3) is 3.78. The molecular formula is C18H30N4. The molecule has 3 rings (SSSR count). The first-order chi connectivity index (χ1) is 10.6. The van der Waals surface area contributed by atoms with E-state index in [-0.39, 0.29) is 0 Å². The Bertz CT molecular complexity index is 494. The molecule has 4 nitrogen and oxygen atoms in total. The Hall–Kier alpha value is -1.16. The molecule has 0 aliphatic carbocycles. The van der Waals surface area contributed by atoms with Gasteiger partial charge in [0.15, 0.2) is 0 Å². The maximum atomic E-state index is 4.74. The Morgan fingerprint density at radius 3 is 2.68 bits per heavy atom. The molecular weight excluding hydrogens is 272 g/mol. The molecule has 1 aromatic rings. The number of aryl methyl sites for hydroxylation is 2. The van der Waals surface area contributed by atoms with Gasteiger partial charge in [0.2, 0.25) is 0 Å². The van der Waals surface area contributed by atoms with Gasteiger partial charge in [-0.05, 0) is 64.5 Å². The van der Waals surface area contributed by atoms with Gasteiger partial charge in [-0.15, -0.1) is 0 Å². The molecule has 3 heterocycles. The largest absolute Gasteiger partial charge is 0.355 e. The van der Waals surface area contributed by atoms with Crippen LogP contribution in [0.5, 0.6) is 0 Å². The predicted octanol–water partition coefficient (Wildman–Crippen LogP) is 3.04. The van der Waals surface area contributed by atoms with Crippen LogP contribution in [-0.4, -0.2) is 47.6 Å². The van der Waals surface area contributed by atoms with Gasteiger partial charge in [-0.3, -0.25) is 4.98 Å². The summed E-state index contributed by atoms with van der Waals surface area (Å²) in [4.78, 5) is 14.4. The molecule has 1 unspecified atom stereocenters. The quantitative estimate of drug-likeness (QED) is 0.859. The van der Waals surface area contributed by atoms with Gasteiger partial charge < -0.3 is 9.80 Å². The van der Waals surface area contributed by atoms with Crippen molar-refractivity contribution in [3.05, 3.63) is 17.6 Å². The van der Waals surface area contributed by atoms with Crippen molar-refractivity contribution in [1.29, 1.82) is 0 Å². The van der Waals surface area contributed by atoms with Crippen LogP contribution in [0.25, 0.3) is 0 Å². The fraction of sp³-hybridized carbons (Fsp3) is 0.778. The van der Waals surface area contributed by atoms with Crippen molar-refractivity contribution in [2.24, 2.45) is 11.8 Å². The average molecular weight is 302 g/mol. The number of rotatable bonds is 3. The summed E-state index contributed by atoms with van der Waals surface area (Å²) in [5.41, 5.74) is 2.09. The first-order valence-corrected chi connectivity index (χ1v) is 8.89. The Morgan fingerprint density at radius 1 is 1.14 bits per heavy atom. The summed E-state index contributed by atoms with van der Waals surface area (Å²) in [6.07, 6.45) is 7.26. The van der Waals surface area contributed by atoms with Gasteiger partial charge in [0.05, 0.1) is 11.4 Å². The molecule has 2 fully saturated rings. The minimum absolute atomic E-state index is 0.781. The molecule has 22 heavy (non-hydrogen) atoms. The molecule has 1 aromatic heterocycles. The van der Waals surface area contributed by atoms with Crippen molar-refractivity contribution < 1.29 is 0 Å². The van der Waals surface area contributed by atoms with Crippen LogP contribution in [0.1, 0.15) is 44.0 Å². The van der Waals surface area contributed by atoms with Crippen LogP contribution in [-0.2, 0) is 0 Å². The van der Waals surface area contributed by atoms with Gasteiger partial charge in [0, 0.05) is 25.8 Å². The zero-order valence-electron chi connectivity index (χ0n) is 14.4. The van der Waals surface area contributed by atoms with Crippen LogP contribution in [0, 0.1) is 25.7 Å². The predicted molar refractivity (Wildman–Crippen MR) is 91.3 cm³/mol. The molecule has 2 aliphatic heterocycles. The van der Waals surface area contributed by atoms with Crippen molar-refractivity contribution in [2.45, 2.75) is 46.5 Å². The summed E-state index contributed by atoms with van der Waals surface area (Å²) in [5.74, 6) is 2.81. The molecule has 0 aromatic carbocycles. The summed E-state index contributed by atoms with van der Waals surface area (Å²) in [6, 6.07) is 0. The Kier molecular flexibility index (Phi) is 4.97. The number of hydrogen-bond acceptors (Lipinski definition) is 4. The molecule has 0 saturated carbocycles. The van der Waals surface area contributed by atoms with Crippen molar-refractivity contribution in [2.75, 3.05) is 37.6 Å². The minimum Gasteiger partial charge on any atom is -0.355 e. The highest BCUT2D eigenvalue weighted by atomic mass is 15.2. The monoisotopic (exact) mass is 302 g/mol. The summed E-state index contributed by atoms with van der Waals surface area (Å²) in [6.45, 7) is 12.6. The standard InChI is InChI=1S/C18H30N4/c1-14-6-9-21(10-7-14)12-17-5-4-8-22(13-17)18-16(3)19-11-15(2)20-18/h11,14,17H,4-10,12-13H2,1-3H3. The normalized spacial score (nSPS) is 24.7. The van der Waals surface area contributed by atoms with Gasteiger partial charge >= 0.3 is 0 Å². The first kappa shape index (κ1) is 15.7. The molecule has 0 radical (unpaired) electrons. The summed E-state index contributed by atoms with van der Waals surface area (Å²) >= 11 is 0. The molecule has 0 bridgehead atoms. The van der Waals surface area contributed by atoms with Crippen molar-refractivity contribution in [3.8, 4) is 0 Å². The van der Waals surface area contributed by atoms with Crippen LogP contribution in [0.3, 0.4) is 0 Å². The molecule has 0 spiro atoms. The first-order valence-electron chi connectivity index (χ1n) is 8.89. The lowest BCUT2D eigenvalue weighted by Gasteiger charge is -2.38. The van der Waals surface area contributed by atoms with E-state index in [0.717, 1.165) is 42.1 Å². The van der Waals surface area contributed by atoms with Crippen molar-refractivity contribution in [1.82, 2.24) is 14.9 Å². The smallest absolute Gasteiger partial charge is 0.150 e. The minimum atomic E-state index is 0.781. The molecule has 4 heteroatoms. The summed E-state index contributed by atoms with van der Waals surface area (Å²) < 4.78 is 0. The van der Waals surface area contributed by atoms with E-state index in [1.807, 2.05) is 13.1 Å². The molecule has 2 saturated heterocycles. The number of piperidine rings is 2. The number of hydrogen-bond donors (Lipinski definition) is 0. The van der Waals surface area contributed by atoms with E-state index in [0.29, 0.717) is 0 Å². The SMILES string of the molecule is Cc1cnc(C)c(N2CCCC(CN3CCC(C)CC3)C2)n1. The maximum absolute atomic E-state index is 4.74. The Morgan fingerprint density at radius 2 is 1.91 bits per heavy atom. The topological polar surface area (TPSA) is 32.3 Å². The van der Waals surface area contributed by atoms with Gasteiger partial charge in [0.1, 0.15) is 5.82 Å². The van der Waals surface area contributed by atoms with Crippen LogP contribution in [0.2, 0.25) is 0 Å². The fourth-order valence-corrected chi connectivity index (χ4v) is 3.84.